The summed E-state index contributed by atoms with van der Waals surface area (Å²) < 4.78 is 37.3. The number of fused-ring (bicyclic) bond motifs is 1. The summed E-state index contributed by atoms with van der Waals surface area (Å²) in [5.41, 5.74) is 2.77. The molecule has 36 heavy (non-hydrogen) atoms. The third-order valence-electron chi connectivity index (χ3n) is 6.90. The molecule has 1 atom stereocenters. The van der Waals surface area contributed by atoms with Crippen molar-refractivity contribution in [2.75, 3.05) is 48.3 Å². The lowest BCUT2D eigenvalue weighted by Crippen LogP contribution is -2.33. The number of ether oxygens (including phenoxy) is 2. The second-order valence-corrected chi connectivity index (χ2v) is 11.7. The van der Waals surface area contributed by atoms with Crippen molar-refractivity contribution in [1.29, 1.82) is 0 Å². The van der Waals surface area contributed by atoms with Gasteiger partial charge in [0.1, 0.15) is 13.2 Å². The van der Waals surface area contributed by atoms with E-state index in [1.165, 1.54) is 29.1 Å². The van der Waals surface area contributed by atoms with E-state index in [0.717, 1.165) is 24.6 Å². The van der Waals surface area contributed by atoms with Gasteiger partial charge in [-0.15, -0.1) is 0 Å². The zero-order chi connectivity index (χ0) is 25.7. The minimum absolute atomic E-state index is 0.104. The molecule has 0 bridgehead atoms. The number of amides is 1. The van der Waals surface area contributed by atoms with Crippen LogP contribution in [0.15, 0.2) is 42.5 Å². The topological polar surface area (TPSA) is 88.2 Å². The van der Waals surface area contributed by atoms with Gasteiger partial charge in [0.05, 0.1) is 18.0 Å². The van der Waals surface area contributed by atoms with Gasteiger partial charge in [-0.3, -0.25) is 9.10 Å². The number of nitrogens with one attached hydrogen (secondary N) is 1. The van der Waals surface area contributed by atoms with Crippen molar-refractivity contribution < 1.29 is 22.7 Å². The van der Waals surface area contributed by atoms with Crippen molar-refractivity contribution in [2.45, 2.75) is 45.6 Å². The van der Waals surface area contributed by atoms with Gasteiger partial charge in [0.25, 0.3) is 0 Å². The number of hydrogen-bond donors (Lipinski definition) is 1. The summed E-state index contributed by atoms with van der Waals surface area (Å²) in [4.78, 5) is 15.0. The highest BCUT2D eigenvalue weighted by Gasteiger charge is 2.21. The Morgan fingerprint density at radius 2 is 1.75 bits per heavy atom. The van der Waals surface area contributed by atoms with Gasteiger partial charge in [-0.1, -0.05) is 19.1 Å². The molecule has 4 rings (SSSR count). The standard InChI is InChI=1S/C27H37N3O5S/c1-20-12-15-29(16-13-20)23-8-6-22(7-9-23)21(2)28-27(31)5-4-14-30(36(3,32)33)24-10-11-25-26(19-24)35-18-17-34-25/h6-11,19-21H,4-5,12-18H2,1-3H3,(H,28,31)/t21-/m0/s1. The molecule has 1 saturated heterocycles. The molecule has 1 N–H and O–H groups in total. The average Bonchev–Trinajstić information content (AvgIpc) is 2.86. The normalized spacial score (nSPS) is 16.9. The lowest BCUT2D eigenvalue weighted by molar-refractivity contribution is -0.121. The van der Waals surface area contributed by atoms with Crippen LogP contribution >= 0.6 is 0 Å². The van der Waals surface area contributed by atoms with Crippen LogP contribution in [0.25, 0.3) is 0 Å². The molecule has 0 radical (unpaired) electrons. The van der Waals surface area contributed by atoms with Crippen molar-refractivity contribution in [3.8, 4) is 11.5 Å². The molecular formula is C27H37N3O5S. The fourth-order valence-corrected chi connectivity index (χ4v) is 5.65. The summed E-state index contributed by atoms with van der Waals surface area (Å²) in [5, 5.41) is 3.04. The van der Waals surface area contributed by atoms with E-state index in [-0.39, 0.29) is 24.9 Å². The highest BCUT2D eigenvalue weighted by Crippen LogP contribution is 2.34. The van der Waals surface area contributed by atoms with Gasteiger partial charge in [0.2, 0.25) is 15.9 Å². The van der Waals surface area contributed by atoms with Crippen LogP contribution in [0.1, 0.15) is 51.1 Å². The molecular weight excluding hydrogens is 478 g/mol. The fraction of sp³-hybridized carbons (Fsp3) is 0.519. The van der Waals surface area contributed by atoms with Gasteiger partial charge in [-0.2, -0.15) is 0 Å². The van der Waals surface area contributed by atoms with E-state index >= 15 is 0 Å². The Bertz CT molecular complexity index is 1140. The number of hydrogen-bond acceptors (Lipinski definition) is 6. The second-order valence-electron chi connectivity index (χ2n) is 9.82. The van der Waals surface area contributed by atoms with Crippen LogP contribution in [0.2, 0.25) is 0 Å². The maximum absolute atomic E-state index is 12.6. The lowest BCUT2D eigenvalue weighted by Gasteiger charge is -2.32. The Hall–Kier alpha value is -2.94. The number of nitrogens with zero attached hydrogens (tertiary/aromatic N) is 2. The molecule has 1 amide bonds. The van der Waals surface area contributed by atoms with Crippen LogP contribution in [-0.2, 0) is 14.8 Å². The first kappa shape index (κ1) is 26.1. The quantitative estimate of drug-likeness (QED) is 0.541. The number of rotatable bonds is 9. The number of piperidine rings is 1. The Morgan fingerprint density at radius 3 is 2.42 bits per heavy atom. The maximum Gasteiger partial charge on any atom is 0.232 e. The van der Waals surface area contributed by atoms with E-state index in [0.29, 0.717) is 36.8 Å². The molecule has 196 valence electrons. The van der Waals surface area contributed by atoms with Crippen LogP contribution in [0.4, 0.5) is 11.4 Å². The Labute approximate surface area is 214 Å². The zero-order valence-electron chi connectivity index (χ0n) is 21.4. The van der Waals surface area contributed by atoms with Gasteiger partial charge < -0.3 is 19.7 Å². The molecule has 2 aliphatic heterocycles. The predicted octanol–water partition coefficient (Wildman–Crippen LogP) is 4.12. The highest BCUT2D eigenvalue weighted by molar-refractivity contribution is 7.92. The number of carbonyl (C=O) groups excluding carboxylic acids is 1. The number of anilines is 2. The Morgan fingerprint density at radius 1 is 1.08 bits per heavy atom. The van der Waals surface area contributed by atoms with Gasteiger partial charge in [0, 0.05) is 37.8 Å². The largest absolute Gasteiger partial charge is 0.486 e. The van der Waals surface area contributed by atoms with Crippen molar-refractivity contribution >= 4 is 27.3 Å². The van der Waals surface area contributed by atoms with Crippen LogP contribution in [0.3, 0.4) is 0 Å². The Balaban J connectivity index is 1.29. The molecule has 1 fully saturated rings. The van der Waals surface area contributed by atoms with Gasteiger partial charge in [-0.05, 0) is 61.9 Å². The van der Waals surface area contributed by atoms with E-state index in [1.54, 1.807) is 18.2 Å². The van der Waals surface area contributed by atoms with Gasteiger partial charge in [0.15, 0.2) is 11.5 Å². The highest BCUT2D eigenvalue weighted by atomic mass is 32.2. The summed E-state index contributed by atoms with van der Waals surface area (Å²) in [5.74, 6) is 1.82. The third kappa shape index (κ3) is 6.63. The molecule has 0 saturated carbocycles. The summed E-state index contributed by atoms with van der Waals surface area (Å²) >= 11 is 0. The van der Waals surface area contributed by atoms with Crippen LogP contribution in [0, 0.1) is 5.92 Å². The van der Waals surface area contributed by atoms with Gasteiger partial charge in [-0.25, -0.2) is 8.42 Å². The molecule has 0 unspecified atom stereocenters. The summed E-state index contributed by atoms with van der Waals surface area (Å²) in [6.07, 6.45) is 4.23. The third-order valence-corrected chi connectivity index (χ3v) is 8.09. The first-order valence-electron chi connectivity index (χ1n) is 12.7. The van der Waals surface area contributed by atoms with E-state index in [1.807, 2.05) is 6.92 Å². The molecule has 8 nitrogen and oxygen atoms in total. The Kier molecular flexibility index (Phi) is 8.28. The number of carbonyl (C=O) groups is 1. The number of sulfonamides is 1. The van der Waals surface area contributed by atoms with E-state index in [4.69, 9.17) is 9.47 Å². The van der Waals surface area contributed by atoms with Crippen molar-refractivity contribution in [1.82, 2.24) is 5.32 Å². The van der Waals surface area contributed by atoms with Crippen molar-refractivity contribution in [3.05, 3.63) is 48.0 Å². The monoisotopic (exact) mass is 515 g/mol. The number of benzene rings is 2. The fourth-order valence-electron chi connectivity index (χ4n) is 4.69. The predicted molar refractivity (Wildman–Crippen MR) is 142 cm³/mol. The summed E-state index contributed by atoms with van der Waals surface area (Å²) in [6.45, 7) is 7.54. The van der Waals surface area contributed by atoms with E-state index < -0.39 is 10.0 Å². The molecule has 2 aromatic carbocycles. The molecule has 2 aliphatic rings. The second kappa shape index (κ2) is 11.4. The van der Waals surface area contributed by atoms with Crippen LogP contribution < -0.4 is 24.0 Å². The first-order valence-corrected chi connectivity index (χ1v) is 14.6. The smallest absolute Gasteiger partial charge is 0.232 e. The minimum Gasteiger partial charge on any atom is -0.486 e. The van der Waals surface area contributed by atoms with Crippen molar-refractivity contribution in [2.24, 2.45) is 5.92 Å². The summed E-state index contributed by atoms with van der Waals surface area (Å²) in [7, 11) is -3.52. The zero-order valence-corrected chi connectivity index (χ0v) is 22.2. The molecule has 9 heteroatoms. The summed E-state index contributed by atoms with van der Waals surface area (Å²) in [6, 6.07) is 13.4. The molecule has 0 aliphatic carbocycles. The average molecular weight is 516 g/mol. The van der Waals surface area contributed by atoms with Gasteiger partial charge >= 0.3 is 0 Å². The van der Waals surface area contributed by atoms with Crippen LogP contribution in [0.5, 0.6) is 11.5 Å². The molecule has 2 heterocycles. The molecule has 0 spiro atoms. The van der Waals surface area contributed by atoms with Crippen LogP contribution in [-0.4, -0.2) is 53.4 Å². The van der Waals surface area contributed by atoms with E-state index in [2.05, 4.69) is 41.4 Å². The lowest BCUT2D eigenvalue weighted by atomic mass is 9.98. The molecule has 2 aromatic rings. The SMILES string of the molecule is CC1CCN(c2ccc([C@H](C)NC(=O)CCCN(c3ccc4c(c3)OCCO4)S(C)(=O)=O)cc2)CC1. The minimum atomic E-state index is -3.52. The van der Waals surface area contributed by atoms with E-state index in [9.17, 15) is 13.2 Å². The van der Waals surface area contributed by atoms with Crippen molar-refractivity contribution in [3.63, 3.8) is 0 Å². The first-order chi connectivity index (χ1) is 17.2. The maximum atomic E-state index is 12.6. The molecule has 0 aromatic heterocycles.